The number of hydrogen-bond acceptors (Lipinski definition) is 5. The molecule has 1 amide bonds. The lowest BCUT2D eigenvalue weighted by molar-refractivity contribution is 0.0954. The highest BCUT2D eigenvalue weighted by Gasteiger charge is 2.13. The van der Waals surface area contributed by atoms with Crippen LogP contribution in [0.4, 0.5) is 0 Å². The summed E-state index contributed by atoms with van der Waals surface area (Å²) < 4.78 is 0. The molecule has 0 aromatic heterocycles. The van der Waals surface area contributed by atoms with Crippen LogP contribution in [0.15, 0.2) is 35.4 Å². The van der Waals surface area contributed by atoms with Gasteiger partial charge in [-0.25, -0.2) is 5.43 Å². The normalized spacial score (nSPS) is 10.8. The Morgan fingerprint density at radius 2 is 1.77 bits per heavy atom. The molecule has 0 aliphatic rings. The molecule has 0 fully saturated rings. The van der Waals surface area contributed by atoms with Crippen LogP contribution in [0.2, 0.25) is 10.0 Å². The number of nitrogens with zero attached hydrogens (tertiary/aromatic N) is 1. The van der Waals surface area contributed by atoms with Crippen molar-refractivity contribution >= 4 is 35.3 Å². The molecule has 0 saturated heterocycles. The molecule has 0 heterocycles. The third kappa shape index (κ3) is 3.41. The predicted octanol–water partition coefficient (Wildman–Crippen LogP) is 2.87. The second-order valence-corrected chi connectivity index (χ2v) is 4.99. The zero-order chi connectivity index (χ0) is 16.3. The molecule has 0 spiro atoms. The maximum absolute atomic E-state index is 11.8. The molecule has 114 valence electrons. The Bertz CT molecular complexity index is 739. The van der Waals surface area contributed by atoms with Crippen molar-refractivity contribution in [2.45, 2.75) is 0 Å². The molecule has 0 saturated carbocycles. The smallest absolute Gasteiger partial charge is 0.271 e. The van der Waals surface area contributed by atoms with Gasteiger partial charge in [-0.2, -0.15) is 5.10 Å². The Balaban J connectivity index is 2.13. The summed E-state index contributed by atoms with van der Waals surface area (Å²) in [5.74, 6) is -2.63. The summed E-state index contributed by atoms with van der Waals surface area (Å²) in [7, 11) is 0. The summed E-state index contributed by atoms with van der Waals surface area (Å²) in [5.41, 5.74) is 2.62. The van der Waals surface area contributed by atoms with E-state index in [0.29, 0.717) is 15.6 Å². The first-order valence-corrected chi connectivity index (χ1v) is 6.68. The number of hydrazone groups is 1. The maximum atomic E-state index is 11.8. The number of benzene rings is 2. The van der Waals surface area contributed by atoms with E-state index in [1.807, 2.05) is 0 Å². The van der Waals surface area contributed by atoms with E-state index in [1.165, 1.54) is 6.21 Å². The van der Waals surface area contributed by atoms with E-state index < -0.39 is 23.2 Å². The molecule has 6 nitrogen and oxygen atoms in total. The lowest BCUT2D eigenvalue weighted by Gasteiger charge is -2.04. The number of carbonyl (C=O) groups is 1. The van der Waals surface area contributed by atoms with Crippen molar-refractivity contribution in [2.24, 2.45) is 5.10 Å². The second kappa shape index (κ2) is 6.55. The first kappa shape index (κ1) is 15.9. The van der Waals surface area contributed by atoms with E-state index in [4.69, 9.17) is 23.2 Å². The third-order valence-electron chi connectivity index (χ3n) is 2.68. The van der Waals surface area contributed by atoms with Gasteiger partial charge in [0, 0.05) is 11.1 Å². The Kier molecular flexibility index (Phi) is 4.75. The van der Waals surface area contributed by atoms with Crippen LogP contribution in [0, 0.1) is 0 Å². The monoisotopic (exact) mass is 340 g/mol. The van der Waals surface area contributed by atoms with Crippen LogP contribution in [-0.2, 0) is 0 Å². The van der Waals surface area contributed by atoms with E-state index in [9.17, 15) is 20.1 Å². The van der Waals surface area contributed by atoms with Crippen molar-refractivity contribution in [3.8, 4) is 17.2 Å². The van der Waals surface area contributed by atoms with Crippen molar-refractivity contribution in [1.29, 1.82) is 0 Å². The molecular formula is C14H10Cl2N2O4. The van der Waals surface area contributed by atoms with Crippen LogP contribution in [0.1, 0.15) is 15.9 Å². The SMILES string of the molecule is O=C(N/N=C\c1cccc(Cl)c1Cl)c1cc(O)c(O)c(O)c1. The molecule has 0 radical (unpaired) electrons. The third-order valence-corrected chi connectivity index (χ3v) is 3.52. The van der Waals surface area contributed by atoms with E-state index in [1.54, 1.807) is 18.2 Å². The van der Waals surface area contributed by atoms with Crippen molar-refractivity contribution < 1.29 is 20.1 Å². The summed E-state index contributed by atoms with van der Waals surface area (Å²) in [4.78, 5) is 11.8. The standard InChI is InChI=1S/C14H10Cl2N2O4/c15-9-3-1-2-7(12(9)16)6-17-18-14(22)8-4-10(19)13(21)11(20)5-8/h1-6,19-21H,(H,18,22)/b17-6-. The van der Waals surface area contributed by atoms with Crippen LogP contribution in [0.5, 0.6) is 17.2 Å². The fraction of sp³-hybridized carbons (Fsp3) is 0. The quantitative estimate of drug-likeness (QED) is 0.392. The number of carbonyl (C=O) groups excluding carboxylic acids is 1. The molecular weight excluding hydrogens is 331 g/mol. The van der Waals surface area contributed by atoms with E-state index in [0.717, 1.165) is 12.1 Å². The largest absolute Gasteiger partial charge is 0.504 e. The summed E-state index contributed by atoms with van der Waals surface area (Å²) in [5, 5.41) is 32.2. The molecule has 0 aliphatic carbocycles. The van der Waals surface area contributed by atoms with Crippen LogP contribution < -0.4 is 5.43 Å². The Morgan fingerprint density at radius 1 is 1.14 bits per heavy atom. The van der Waals surface area contributed by atoms with Gasteiger partial charge >= 0.3 is 0 Å². The number of phenolic OH excluding ortho intramolecular Hbond substituents is 3. The topological polar surface area (TPSA) is 102 Å². The summed E-state index contributed by atoms with van der Waals surface area (Å²) in [6.45, 7) is 0. The Labute approximate surface area is 135 Å². The van der Waals surface area contributed by atoms with Crippen LogP contribution in [-0.4, -0.2) is 27.4 Å². The fourth-order valence-corrected chi connectivity index (χ4v) is 1.94. The van der Waals surface area contributed by atoms with Crippen molar-refractivity contribution in [1.82, 2.24) is 5.43 Å². The van der Waals surface area contributed by atoms with Gasteiger partial charge in [-0.15, -0.1) is 0 Å². The average molecular weight is 341 g/mol. The van der Waals surface area contributed by atoms with Gasteiger partial charge in [0.2, 0.25) is 0 Å². The lowest BCUT2D eigenvalue weighted by Crippen LogP contribution is -2.17. The van der Waals surface area contributed by atoms with Crippen molar-refractivity contribution in [2.75, 3.05) is 0 Å². The van der Waals surface area contributed by atoms with Gasteiger partial charge < -0.3 is 15.3 Å². The zero-order valence-corrected chi connectivity index (χ0v) is 12.4. The molecule has 0 unspecified atom stereocenters. The predicted molar refractivity (Wildman–Crippen MR) is 83.0 cm³/mol. The number of hydrogen-bond donors (Lipinski definition) is 4. The average Bonchev–Trinajstić information content (AvgIpc) is 2.48. The summed E-state index contributed by atoms with van der Waals surface area (Å²) >= 11 is 11.8. The lowest BCUT2D eigenvalue weighted by atomic mass is 10.2. The summed E-state index contributed by atoms with van der Waals surface area (Å²) in [6.07, 6.45) is 1.30. The van der Waals surface area contributed by atoms with Crippen LogP contribution in [0.3, 0.4) is 0 Å². The van der Waals surface area contributed by atoms with E-state index in [2.05, 4.69) is 10.5 Å². The Hall–Kier alpha value is -2.44. The number of rotatable bonds is 3. The number of nitrogens with one attached hydrogen (secondary N) is 1. The number of halogens is 2. The fourth-order valence-electron chi connectivity index (χ4n) is 1.58. The molecule has 2 aromatic carbocycles. The number of amides is 1. The van der Waals surface area contributed by atoms with E-state index in [-0.39, 0.29) is 5.56 Å². The minimum absolute atomic E-state index is 0.0814. The van der Waals surface area contributed by atoms with Gasteiger partial charge in [-0.1, -0.05) is 35.3 Å². The minimum Gasteiger partial charge on any atom is -0.504 e. The number of phenols is 3. The Morgan fingerprint density at radius 3 is 2.41 bits per heavy atom. The molecule has 22 heavy (non-hydrogen) atoms. The van der Waals surface area contributed by atoms with E-state index >= 15 is 0 Å². The molecule has 2 rings (SSSR count). The zero-order valence-electron chi connectivity index (χ0n) is 10.9. The minimum atomic E-state index is -0.703. The molecule has 0 aliphatic heterocycles. The van der Waals surface area contributed by atoms with Gasteiger partial charge in [0.1, 0.15) is 0 Å². The molecule has 0 bridgehead atoms. The molecule has 8 heteroatoms. The van der Waals surface area contributed by atoms with Crippen LogP contribution in [0.25, 0.3) is 0 Å². The molecule has 4 N–H and O–H groups in total. The van der Waals surface area contributed by atoms with Gasteiger partial charge in [0.05, 0.1) is 16.3 Å². The highest BCUT2D eigenvalue weighted by atomic mass is 35.5. The summed E-state index contributed by atoms with van der Waals surface area (Å²) in [6, 6.07) is 6.93. The highest BCUT2D eigenvalue weighted by Crippen LogP contribution is 2.35. The first-order chi connectivity index (χ1) is 10.4. The number of aromatic hydroxyl groups is 3. The van der Waals surface area contributed by atoms with Crippen molar-refractivity contribution in [3.63, 3.8) is 0 Å². The van der Waals surface area contributed by atoms with Crippen molar-refractivity contribution in [3.05, 3.63) is 51.5 Å². The first-order valence-electron chi connectivity index (χ1n) is 5.92. The van der Waals surface area contributed by atoms with Gasteiger partial charge in [-0.05, 0) is 18.2 Å². The van der Waals surface area contributed by atoms with Crippen LogP contribution >= 0.6 is 23.2 Å². The second-order valence-electron chi connectivity index (χ2n) is 4.21. The molecule has 2 aromatic rings. The molecule has 0 atom stereocenters. The van der Waals surface area contributed by atoms with Gasteiger partial charge in [-0.3, -0.25) is 4.79 Å². The van der Waals surface area contributed by atoms with Gasteiger partial charge in [0.25, 0.3) is 5.91 Å². The maximum Gasteiger partial charge on any atom is 0.271 e. The highest BCUT2D eigenvalue weighted by molar-refractivity contribution is 6.43. The van der Waals surface area contributed by atoms with Gasteiger partial charge in [0.15, 0.2) is 17.2 Å².